The molecule has 6 nitrogen and oxygen atoms in total. The Morgan fingerprint density at radius 3 is 2.60 bits per heavy atom. The maximum atomic E-state index is 11.0. The van der Waals surface area contributed by atoms with Gasteiger partial charge < -0.3 is 10.2 Å². The van der Waals surface area contributed by atoms with Crippen molar-refractivity contribution in [2.75, 3.05) is 32.5 Å². The number of benzene rings is 1. The summed E-state index contributed by atoms with van der Waals surface area (Å²) in [6.45, 7) is 5.66. The summed E-state index contributed by atoms with van der Waals surface area (Å²) in [7, 11) is 3.98. The monoisotopic (exact) mass is 276 g/mol. The van der Waals surface area contributed by atoms with E-state index in [0.29, 0.717) is 12.2 Å². The quantitative estimate of drug-likeness (QED) is 0.637. The van der Waals surface area contributed by atoms with Crippen molar-refractivity contribution < 1.29 is 4.92 Å². The Kier molecular flexibility index (Phi) is 5.06. The number of nitro benzene ring substituents is 1. The molecule has 20 heavy (non-hydrogen) atoms. The lowest BCUT2D eigenvalue weighted by Gasteiger charge is -2.28. The fourth-order valence-corrected chi connectivity index (χ4v) is 2.15. The maximum Gasteiger partial charge on any atom is 0.293 e. The number of nitrogens with zero attached hydrogens (tertiary/aromatic N) is 3. The zero-order chi connectivity index (χ0) is 15.3. The lowest BCUT2D eigenvalue weighted by atomic mass is 9.93. The van der Waals surface area contributed by atoms with E-state index in [4.69, 9.17) is 5.26 Å². The molecule has 6 heteroatoms. The molecule has 0 aromatic heterocycles. The van der Waals surface area contributed by atoms with Crippen molar-refractivity contribution in [3.05, 3.63) is 33.9 Å². The Morgan fingerprint density at radius 2 is 2.10 bits per heavy atom. The first kappa shape index (κ1) is 15.9. The topological polar surface area (TPSA) is 82.2 Å². The van der Waals surface area contributed by atoms with Crippen LogP contribution in [0, 0.1) is 26.9 Å². The van der Waals surface area contributed by atoms with E-state index in [-0.39, 0.29) is 16.7 Å². The second-order valence-electron chi connectivity index (χ2n) is 5.86. The highest BCUT2D eigenvalue weighted by atomic mass is 16.6. The summed E-state index contributed by atoms with van der Waals surface area (Å²) >= 11 is 0. The predicted octanol–water partition coefficient (Wildman–Crippen LogP) is 2.47. The number of hydrogen-bond acceptors (Lipinski definition) is 5. The molecule has 0 spiro atoms. The fraction of sp³-hybridized carbons (Fsp3) is 0.500. The minimum absolute atomic E-state index is 0.0226. The van der Waals surface area contributed by atoms with E-state index >= 15 is 0 Å². The van der Waals surface area contributed by atoms with Crippen LogP contribution in [0.25, 0.3) is 0 Å². The van der Waals surface area contributed by atoms with Crippen molar-refractivity contribution >= 4 is 11.4 Å². The molecule has 0 amide bonds. The molecule has 1 aromatic carbocycles. The van der Waals surface area contributed by atoms with Crippen molar-refractivity contribution in [1.82, 2.24) is 4.90 Å². The molecule has 0 saturated carbocycles. The van der Waals surface area contributed by atoms with Crippen LogP contribution < -0.4 is 5.32 Å². The van der Waals surface area contributed by atoms with E-state index in [1.165, 1.54) is 6.07 Å². The molecule has 0 aliphatic carbocycles. The molecule has 0 saturated heterocycles. The van der Waals surface area contributed by atoms with E-state index in [1.54, 1.807) is 12.1 Å². The van der Waals surface area contributed by atoms with Gasteiger partial charge in [0, 0.05) is 19.2 Å². The summed E-state index contributed by atoms with van der Waals surface area (Å²) in [5.41, 5.74) is 0.644. The van der Waals surface area contributed by atoms with Gasteiger partial charge in [-0.25, -0.2) is 0 Å². The largest absolute Gasteiger partial charge is 0.379 e. The molecule has 0 bridgehead atoms. The van der Waals surface area contributed by atoms with Gasteiger partial charge in [0.25, 0.3) is 5.69 Å². The number of rotatable bonds is 6. The highest BCUT2D eigenvalue weighted by Gasteiger charge is 2.21. The maximum absolute atomic E-state index is 11.0. The highest BCUT2D eigenvalue weighted by molar-refractivity contribution is 5.64. The Labute approximate surface area is 119 Å². The SMILES string of the molecule is CN(C)CC(C)(C)CNc1ccc(C#N)cc1[N+](=O)[O-]. The molecular formula is C14H20N4O2. The van der Waals surface area contributed by atoms with Crippen LogP contribution in [0.4, 0.5) is 11.4 Å². The van der Waals surface area contributed by atoms with Crippen LogP contribution in [-0.2, 0) is 0 Å². The van der Waals surface area contributed by atoms with Gasteiger partial charge in [-0.2, -0.15) is 5.26 Å². The minimum atomic E-state index is -0.470. The first-order chi connectivity index (χ1) is 9.25. The summed E-state index contributed by atoms with van der Waals surface area (Å²) < 4.78 is 0. The van der Waals surface area contributed by atoms with Gasteiger partial charge in [-0.3, -0.25) is 10.1 Å². The lowest BCUT2D eigenvalue weighted by molar-refractivity contribution is -0.384. The van der Waals surface area contributed by atoms with Gasteiger partial charge in [-0.05, 0) is 31.6 Å². The third kappa shape index (κ3) is 4.52. The molecule has 0 aliphatic heterocycles. The van der Waals surface area contributed by atoms with Crippen molar-refractivity contribution in [3.8, 4) is 6.07 Å². The molecular weight excluding hydrogens is 256 g/mol. The van der Waals surface area contributed by atoms with Gasteiger partial charge in [0.1, 0.15) is 5.69 Å². The van der Waals surface area contributed by atoms with Crippen LogP contribution in [0.5, 0.6) is 0 Å². The van der Waals surface area contributed by atoms with Gasteiger partial charge >= 0.3 is 0 Å². The molecule has 1 aromatic rings. The van der Waals surface area contributed by atoms with Crippen LogP contribution in [0.1, 0.15) is 19.4 Å². The molecule has 0 atom stereocenters. The molecule has 0 fully saturated rings. The zero-order valence-electron chi connectivity index (χ0n) is 12.3. The molecule has 1 N–H and O–H groups in total. The van der Waals surface area contributed by atoms with E-state index in [2.05, 4.69) is 24.1 Å². The van der Waals surface area contributed by atoms with E-state index < -0.39 is 4.92 Å². The smallest absolute Gasteiger partial charge is 0.293 e. The first-order valence-corrected chi connectivity index (χ1v) is 6.32. The van der Waals surface area contributed by atoms with Gasteiger partial charge in [-0.1, -0.05) is 13.8 Å². The van der Waals surface area contributed by atoms with Crippen LogP contribution in [0.2, 0.25) is 0 Å². The number of nitriles is 1. The Bertz CT molecular complexity index is 532. The molecule has 1 rings (SSSR count). The number of nitrogens with one attached hydrogen (secondary N) is 1. The molecule has 0 aliphatic rings. The summed E-state index contributed by atoms with van der Waals surface area (Å²) in [4.78, 5) is 12.6. The fourth-order valence-electron chi connectivity index (χ4n) is 2.15. The molecule has 0 unspecified atom stereocenters. The normalized spacial score (nSPS) is 11.2. The molecule has 108 valence electrons. The standard InChI is InChI=1S/C14H20N4O2/c1-14(2,10-17(3)4)9-16-12-6-5-11(8-15)7-13(12)18(19)20/h5-7,16H,9-10H2,1-4H3. The highest BCUT2D eigenvalue weighted by Crippen LogP contribution is 2.27. The molecule has 0 radical (unpaired) electrons. The lowest BCUT2D eigenvalue weighted by Crippen LogP contribution is -2.34. The van der Waals surface area contributed by atoms with Gasteiger partial charge in [0.2, 0.25) is 0 Å². The van der Waals surface area contributed by atoms with Crippen molar-refractivity contribution in [3.63, 3.8) is 0 Å². The van der Waals surface area contributed by atoms with E-state index in [1.807, 2.05) is 20.2 Å². The average Bonchev–Trinajstić information content (AvgIpc) is 2.34. The first-order valence-electron chi connectivity index (χ1n) is 6.32. The molecule has 0 heterocycles. The number of anilines is 1. The Hall–Kier alpha value is -2.13. The Balaban J connectivity index is 2.88. The van der Waals surface area contributed by atoms with Crippen LogP contribution in [-0.4, -0.2) is 37.0 Å². The second-order valence-corrected chi connectivity index (χ2v) is 5.86. The van der Waals surface area contributed by atoms with E-state index in [0.717, 1.165) is 6.54 Å². The number of nitro groups is 1. The summed E-state index contributed by atoms with van der Waals surface area (Å²) in [6, 6.07) is 6.37. The van der Waals surface area contributed by atoms with Crippen molar-refractivity contribution in [2.24, 2.45) is 5.41 Å². The number of hydrogen-bond donors (Lipinski definition) is 1. The zero-order valence-corrected chi connectivity index (χ0v) is 12.3. The van der Waals surface area contributed by atoms with Crippen LogP contribution in [0.15, 0.2) is 18.2 Å². The van der Waals surface area contributed by atoms with Crippen LogP contribution >= 0.6 is 0 Å². The summed E-state index contributed by atoms with van der Waals surface area (Å²) in [5, 5.41) is 22.9. The third-order valence-electron chi connectivity index (χ3n) is 2.83. The third-order valence-corrected chi connectivity index (χ3v) is 2.83. The van der Waals surface area contributed by atoms with Crippen LogP contribution in [0.3, 0.4) is 0 Å². The summed E-state index contributed by atoms with van der Waals surface area (Å²) in [6.07, 6.45) is 0. The summed E-state index contributed by atoms with van der Waals surface area (Å²) in [5.74, 6) is 0. The van der Waals surface area contributed by atoms with Gasteiger partial charge in [0.05, 0.1) is 16.6 Å². The van der Waals surface area contributed by atoms with Gasteiger partial charge in [0.15, 0.2) is 0 Å². The predicted molar refractivity (Wildman–Crippen MR) is 78.6 cm³/mol. The Morgan fingerprint density at radius 1 is 1.45 bits per heavy atom. The average molecular weight is 276 g/mol. The second kappa shape index (κ2) is 6.35. The minimum Gasteiger partial charge on any atom is -0.379 e. The van der Waals surface area contributed by atoms with Crippen molar-refractivity contribution in [1.29, 1.82) is 5.26 Å². The van der Waals surface area contributed by atoms with E-state index in [9.17, 15) is 10.1 Å². The van der Waals surface area contributed by atoms with Crippen molar-refractivity contribution in [2.45, 2.75) is 13.8 Å². The van der Waals surface area contributed by atoms with Gasteiger partial charge in [-0.15, -0.1) is 0 Å².